The number of carbonyl (C=O) groups is 1. The van der Waals surface area contributed by atoms with Crippen LogP contribution in [0.3, 0.4) is 0 Å². The summed E-state index contributed by atoms with van der Waals surface area (Å²) in [7, 11) is 0. The minimum atomic E-state index is -0.0905. The summed E-state index contributed by atoms with van der Waals surface area (Å²) in [4.78, 5) is 16.4. The SMILES string of the molecule is CCOc1cc(C(=O)N2CC(n3cc(Cn4nccn4)nn3)C2)cc(OCC)c1OCC. The number of likely N-dealkylation sites (tertiary alicyclic amines) is 1. The van der Waals surface area contributed by atoms with Crippen LogP contribution in [0.1, 0.15) is 42.9 Å². The number of aromatic nitrogens is 6. The van der Waals surface area contributed by atoms with Gasteiger partial charge in [0.1, 0.15) is 12.2 Å². The van der Waals surface area contributed by atoms with Gasteiger partial charge in [0.2, 0.25) is 5.75 Å². The smallest absolute Gasteiger partial charge is 0.254 e. The van der Waals surface area contributed by atoms with Gasteiger partial charge < -0.3 is 19.1 Å². The normalized spacial score (nSPS) is 13.7. The molecule has 1 amide bonds. The summed E-state index contributed by atoms with van der Waals surface area (Å²) >= 11 is 0. The number of ether oxygens (including phenoxy) is 3. The van der Waals surface area contributed by atoms with Crippen LogP contribution in [0, 0.1) is 0 Å². The number of benzene rings is 1. The van der Waals surface area contributed by atoms with Gasteiger partial charge in [-0.1, -0.05) is 5.21 Å². The molecule has 4 rings (SSSR count). The van der Waals surface area contributed by atoms with Crippen LogP contribution in [0.5, 0.6) is 17.2 Å². The van der Waals surface area contributed by atoms with Crippen LogP contribution in [0.2, 0.25) is 0 Å². The number of amides is 1. The van der Waals surface area contributed by atoms with Crippen molar-refractivity contribution in [3.8, 4) is 17.2 Å². The molecule has 1 aliphatic rings. The zero-order valence-corrected chi connectivity index (χ0v) is 18.5. The van der Waals surface area contributed by atoms with E-state index in [1.54, 1.807) is 38.9 Å². The summed E-state index contributed by atoms with van der Waals surface area (Å²) in [6, 6.07) is 3.51. The lowest BCUT2D eigenvalue weighted by Crippen LogP contribution is -2.50. The van der Waals surface area contributed by atoms with Crippen molar-refractivity contribution >= 4 is 5.91 Å². The molecule has 0 radical (unpaired) electrons. The van der Waals surface area contributed by atoms with Crippen LogP contribution in [0.4, 0.5) is 0 Å². The molecule has 0 saturated carbocycles. The van der Waals surface area contributed by atoms with E-state index in [4.69, 9.17) is 14.2 Å². The van der Waals surface area contributed by atoms with E-state index in [0.717, 1.165) is 5.69 Å². The fourth-order valence-corrected chi connectivity index (χ4v) is 3.52. The predicted octanol–water partition coefficient (Wildman–Crippen LogP) is 1.81. The van der Waals surface area contributed by atoms with Crippen molar-refractivity contribution in [2.75, 3.05) is 32.9 Å². The molecule has 3 aromatic rings. The van der Waals surface area contributed by atoms with Crippen LogP contribution in [-0.2, 0) is 6.54 Å². The molecular formula is C21H27N7O4. The number of rotatable bonds is 10. The predicted molar refractivity (Wildman–Crippen MR) is 114 cm³/mol. The number of hydrogen-bond acceptors (Lipinski definition) is 8. The third-order valence-corrected chi connectivity index (χ3v) is 5.01. The molecule has 0 unspecified atom stereocenters. The van der Waals surface area contributed by atoms with E-state index in [1.165, 1.54) is 0 Å². The average molecular weight is 441 g/mol. The maximum atomic E-state index is 13.1. The Balaban J connectivity index is 1.44. The van der Waals surface area contributed by atoms with Gasteiger partial charge in [0.15, 0.2) is 11.5 Å². The first kappa shape index (κ1) is 21.6. The highest BCUT2D eigenvalue weighted by atomic mass is 16.5. The maximum absolute atomic E-state index is 13.1. The van der Waals surface area contributed by atoms with Crippen molar-refractivity contribution < 1.29 is 19.0 Å². The second-order valence-corrected chi connectivity index (χ2v) is 7.21. The molecule has 32 heavy (non-hydrogen) atoms. The lowest BCUT2D eigenvalue weighted by molar-refractivity contribution is 0.0497. The Morgan fingerprint density at radius 3 is 2.22 bits per heavy atom. The third-order valence-electron chi connectivity index (χ3n) is 5.01. The van der Waals surface area contributed by atoms with E-state index in [0.29, 0.717) is 62.3 Å². The summed E-state index contributed by atoms with van der Waals surface area (Å²) in [5.74, 6) is 1.45. The molecule has 0 N–H and O–H groups in total. The van der Waals surface area contributed by atoms with Crippen molar-refractivity contribution in [1.29, 1.82) is 0 Å². The first-order valence-electron chi connectivity index (χ1n) is 10.7. The van der Waals surface area contributed by atoms with Crippen LogP contribution >= 0.6 is 0 Å². The second-order valence-electron chi connectivity index (χ2n) is 7.21. The van der Waals surface area contributed by atoms with Crippen molar-refractivity contribution in [1.82, 2.24) is 34.9 Å². The third kappa shape index (κ3) is 4.51. The summed E-state index contributed by atoms with van der Waals surface area (Å²) < 4.78 is 19.0. The topological polar surface area (TPSA) is 109 Å². The second kappa shape index (κ2) is 9.67. The molecule has 0 atom stereocenters. The van der Waals surface area contributed by atoms with E-state index >= 15 is 0 Å². The Kier molecular flexibility index (Phi) is 6.52. The van der Waals surface area contributed by atoms with E-state index in [2.05, 4.69) is 20.5 Å². The summed E-state index contributed by atoms with van der Waals surface area (Å²) in [5, 5.41) is 16.5. The number of nitrogens with zero attached hydrogens (tertiary/aromatic N) is 7. The molecule has 11 nitrogen and oxygen atoms in total. The monoisotopic (exact) mass is 441 g/mol. The van der Waals surface area contributed by atoms with Gasteiger partial charge in [0.25, 0.3) is 5.91 Å². The molecule has 1 saturated heterocycles. The van der Waals surface area contributed by atoms with Crippen LogP contribution in [0.15, 0.2) is 30.7 Å². The summed E-state index contributed by atoms with van der Waals surface area (Å²) in [6.45, 7) is 8.60. The van der Waals surface area contributed by atoms with Crippen molar-refractivity contribution in [2.24, 2.45) is 0 Å². The zero-order valence-electron chi connectivity index (χ0n) is 18.5. The standard InChI is InChI=1S/C21H27N7O4/c1-4-30-18-9-15(10-19(31-5-2)20(18)32-6-3)21(29)26-13-17(14-26)27-11-16(24-25-27)12-28-22-7-8-23-28/h7-11,17H,4-6,12-14H2,1-3H3. The Bertz CT molecular complexity index is 1020. The fourth-order valence-electron chi connectivity index (χ4n) is 3.52. The summed E-state index contributed by atoms with van der Waals surface area (Å²) in [5.41, 5.74) is 1.27. The lowest BCUT2D eigenvalue weighted by Gasteiger charge is -2.39. The molecule has 1 aliphatic heterocycles. The minimum Gasteiger partial charge on any atom is -0.490 e. The molecule has 2 aromatic heterocycles. The van der Waals surface area contributed by atoms with Crippen molar-refractivity contribution in [2.45, 2.75) is 33.4 Å². The van der Waals surface area contributed by atoms with Gasteiger partial charge in [0.05, 0.1) is 44.5 Å². The molecule has 0 bridgehead atoms. The Morgan fingerprint density at radius 2 is 1.62 bits per heavy atom. The largest absolute Gasteiger partial charge is 0.490 e. The maximum Gasteiger partial charge on any atom is 0.254 e. The van der Waals surface area contributed by atoms with E-state index in [9.17, 15) is 4.79 Å². The molecular weight excluding hydrogens is 414 g/mol. The molecule has 0 aliphatic carbocycles. The highest BCUT2D eigenvalue weighted by molar-refractivity contribution is 5.96. The highest BCUT2D eigenvalue weighted by Gasteiger charge is 2.34. The average Bonchev–Trinajstić information content (AvgIpc) is 3.42. The van der Waals surface area contributed by atoms with E-state index < -0.39 is 0 Å². The quantitative estimate of drug-likeness (QED) is 0.469. The van der Waals surface area contributed by atoms with Crippen LogP contribution in [-0.4, -0.2) is 73.7 Å². The molecule has 11 heteroatoms. The number of carbonyl (C=O) groups excluding carboxylic acids is 1. The first-order chi connectivity index (χ1) is 15.6. The van der Waals surface area contributed by atoms with E-state index in [-0.39, 0.29) is 11.9 Å². The van der Waals surface area contributed by atoms with Crippen molar-refractivity contribution in [3.63, 3.8) is 0 Å². The zero-order chi connectivity index (χ0) is 22.5. The molecule has 1 fully saturated rings. The van der Waals surface area contributed by atoms with Gasteiger partial charge in [-0.25, -0.2) is 4.68 Å². The molecule has 3 heterocycles. The fraction of sp³-hybridized carbons (Fsp3) is 0.476. The van der Waals surface area contributed by atoms with Gasteiger partial charge in [0, 0.05) is 18.7 Å². The minimum absolute atomic E-state index is 0.0752. The molecule has 1 aromatic carbocycles. The van der Waals surface area contributed by atoms with Crippen LogP contribution < -0.4 is 14.2 Å². The van der Waals surface area contributed by atoms with Crippen molar-refractivity contribution in [3.05, 3.63) is 42.0 Å². The van der Waals surface area contributed by atoms with Gasteiger partial charge in [-0.15, -0.1) is 5.10 Å². The van der Waals surface area contributed by atoms with Gasteiger partial charge in [-0.05, 0) is 32.9 Å². The van der Waals surface area contributed by atoms with E-state index in [1.807, 2.05) is 27.0 Å². The number of hydrogen-bond donors (Lipinski definition) is 0. The van der Waals surface area contributed by atoms with Gasteiger partial charge >= 0.3 is 0 Å². The molecule has 0 spiro atoms. The Morgan fingerprint density at radius 1 is 1.00 bits per heavy atom. The van der Waals surface area contributed by atoms with Gasteiger partial charge in [-0.3, -0.25) is 4.79 Å². The Labute approximate surface area is 185 Å². The molecule has 170 valence electrons. The van der Waals surface area contributed by atoms with Gasteiger partial charge in [-0.2, -0.15) is 15.0 Å². The lowest BCUT2D eigenvalue weighted by atomic mass is 10.1. The highest BCUT2D eigenvalue weighted by Crippen LogP contribution is 2.40. The summed E-state index contributed by atoms with van der Waals surface area (Å²) in [6.07, 6.45) is 5.11. The first-order valence-corrected chi connectivity index (χ1v) is 10.7. The Hall–Kier alpha value is -3.63. The van der Waals surface area contributed by atoms with Crippen LogP contribution in [0.25, 0.3) is 0 Å².